The molecule has 19 heavy (non-hydrogen) atoms. The third kappa shape index (κ3) is 1.95. The number of fused-ring (bicyclic) bond motifs is 3. The van der Waals surface area contributed by atoms with Crippen LogP contribution in [0.1, 0.15) is 25.8 Å². The van der Waals surface area contributed by atoms with Gasteiger partial charge >= 0.3 is 0 Å². The molecule has 0 unspecified atom stereocenters. The summed E-state index contributed by atoms with van der Waals surface area (Å²) in [5, 5.41) is 2.71. The maximum absolute atomic E-state index is 2.39. The lowest BCUT2D eigenvalue weighted by Crippen LogP contribution is -1.92. The van der Waals surface area contributed by atoms with Crippen LogP contribution in [0.5, 0.6) is 0 Å². The zero-order valence-electron chi connectivity index (χ0n) is 11.6. The minimum Gasteiger partial charge on any atom is -0.341 e. The molecule has 0 amide bonds. The number of hydrogen-bond donors (Lipinski definition) is 0. The summed E-state index contributed by atoms with van der Waals surface area (Å²) in [6.07, 6.45) is 5.49. The van der Waals surface area contributed by atoms with Gasteiger partial charge in [0.05, 0.1) is 0 Å². The molecular formula is C18H19N. The Kier molecular flexibility index (Phi) is 3.12. The number of aryl methyl sites for hydroxylation is 1. The molecule has 0 fully saturated rings. The van der Waals surface area contributed by atoms with Gasteiger partial charge in [0.1, 0.15) is 0 Å². The first kappa shape index (κ1) is 12.0. The van der Waals surface area contributed by atoms with E-state index in [1.54, 1.807) is 0 Å². The molecule has 3 aromatic rings. The predicted octanol–water partition coefficient (Wildman–Crippen LogP) is 5.24. The zero-order valence-corrected chi connectivity index (χ0v) is 11.6. The molecule has 3 rings (SSSR count). The summed E-state index contributed by atoms with van der Waals surface area (Å²) in [6.45, 7) is 5.38. The van der Waals surface area contributed by atoms with Gasteiger partial charge in [-0.25, -0.2) is 0 Å². The first-order valence-electron chi connectivity index (χ1n) is 7.02. The van der Waals surface area contributed by atoms with Crippen molar-refractivity contribution in [2.75, 3.05) is 0 Å². The highest BCUT2D eigenvalue weighted by atomic mass is 15.0. The standard InChI is InChI=1S/C18H19N/c1-3-5-8-14-11-12-18-16(13-14)15-9-6-7-10-17(15)19(18)4-2/h5-13H,3-4H2,1-2H3/b8-5+. The van der Waals surface area contributed by atoms with Crippen LogP contribution in [-0.4, -0.2) is 4.57 Å². The second-order valence-corrected chi connectivity index (χ2v) is 4.85. The van der Waals surface area contributed by atoms with E-state index < -0.39 is 0 Å². The Morgan fingerprint density at radius 1 is 0.947 bits per heavy atom. The SMILES string of the molecule is CC/C=C/c1ccc2c(c1)c1ccccc1n2CC. The highest BCUT2D eigenvalue weighted by molar-refractivity contribution is 6.08. The maximum Gasteiger partial charge on any atom is 0.0491 e. The summed E-state index contributed by atoms with van der Waals surface area (Å²) >= 11 is 0. The van der Waals surface area contributed by atoms with Crippen LogP contribution in [-0.2, 0) is 6.54 Å². The van der Waals surface area contributed by atoms with Crippen LogP contribution < -0.4 is 0 Å². The maximum atomic E-state index is 2.39. The lowest BCUT2D eigenvalue weighted by molar-refractivity contribution is 0.827. The Balaban J connectivity index is 2.33. The Bertz CT molecular complexity index is 747. The van der Waals surface area contributed by atoms with Gasteiger partial charge in [0.25, 0.3) is 0 Å². The fourth-order valence-corrected chi connectivity index (χ4v) is 2.77. The minimum absolute atomic E-state index is 1.01. The van der Waals surface area contributed by atoms with Crippen LogP contribution in [0.2, 0.25) is 0 Å². The summed E-state index contributed by atoms with van der Waals surface area (Å²) in [5.74, 6) is 0. The second-order valence-electron chi connectivity index (χ2n) is 4.85. The number of nitrogens with zero attached hydrogens (tertiary/aromatic N) is 1. The van der Waals surface area contributed by atoms with Gasteiger partial charge in [-0.05, 0) is 37.1 Å². The van der Waals surface area contributed by atoms with Crippen molar-refractivity contribution in [1.82, 2.24) is 4.57 Å². The predicted molar refractivity (Wildman–Crippen MR) is 84.4 cm³/mol. The van der Waals surface area contributed by atoms with Crippen molar-refractivity contribution in [1.29, 1.82) is 0 Å². The summed E-state index contributed by atoms with van der Waals surface area (Å²) in [7, 11) is 0. The minimum atomic E-state index is 1.01. The largest absolute Gasteiger partial charge is 0.341 e. The van der Waals surface area contributed by atoms with E-state index in [4.69, 9.17) is 0 Å². The monoisotopic (exact) mass is 249 g/mol. The van der Waals surface area contributed by atoms with Crippen LogP contribution in [0.25, 0.3) is 27.9 Å². The van der Waals surface area contributed by atoms with Crippen molar-refractivity contribution >= 4 is 27.9 Å². The van der Waals surface area contributed by atoms with E-state index in [9.17, 15) is 0 Å². The van der Waals surface area contributed by atoms with Crippen LogP contribution in [0.4, 0.5) is 0 Å². The van der Waals surface area contributed by atoms with Crippen molar-refractivity contribution in [3.05, 3.63) is 54.1 Å². The number of allylic oxidation sites excluding steroid dienone is 1. The third-order valence-electron chi connectivity index (χ3n) is 3.66. The smallest absolute Gasteiger partial charge is 0.0491 e. The molecule has 0 atom stereocenters. The molecule has 0 bridgehead atoms. The Labute approximate surface area is 114 Å². The molecule has 1 heteroatoms. The van der Waals surface area contributed by atoms with Crippen molar-refractivity contribution in [2.24, 2.45) is 0 Å². The molecule has 0 spiro atoms. The third-order valence-corrected chi connectivity index (χ3v) is 3.66. The number of aromatic nitrogens is 1. The Morgan fingerprint density at radius 2 is 1.74 bits per heavy atom. The van der Waals surface area contributed by atoms with E-state index in [1.807, 2.05) is 0 Å². The average Bonchev–Trinajstić information content (AvgIpc) is 2.78. The van der Waals surface area contributed by atoms with Gasteiger partial charge in [-0.15, -0.1) is 0 Å². The van der Waals surface area contributed by atoms with Crippen LogP contribution >= 0.6 is 0 Å². The molecule has 1 nitrogen and oxygen atoms in total. The van der Waals surface area contributed by atoms with Gasteiger partial charge in [-0.2, -0.15) is 0 Å². The molecule has 0 N–H and O–H groups in total. The van der Waals surface area contributed by atoms with Crippen molar-refractivity contribution in [3.8, 4) is 0 Å². The second kappa shape index (κ2) is 4.93. The first-order chi connectivity index (χ1) is 9.35. The van der Waals surface area contributed by atoms with E-state index in [0.717, 1.165) is 13.0 Å². The van der Waals surface area contributed by atoms with Gasteiger partial charge in [-0.1, -0.05) is 43.3 Å². The molecular weight excluding hydrogens is 230 g/mol. The van der Waals surface area contributed by atoms with Crippen molar-refractivity contribution in [3.63, 3.8) is 0 Å². The van der Waals surface area contributed by atoms with Crippen LogP contribution in [0.15, 0.2) is 48.5 Å². The molecule has 96 valence electrons. The highest BCUT2D eigenvalue weighted by Crippen LogP contribution is 2.29. The normalized spacial score (nSPS) is 11.9. The van der Waals surface area contributed by atoms with Gasteiger partial charge < -0.3 is 4.57 Å². The zero-order chi connectivity index (χ0) is 13.2. The fourth-order valence-electron chi connectivity index (χ4n) is 2.77. The summed E-state index contributed by atoms with van der Waals surface area (Å²) < 4.78 is 2.39. The molecule has 0 saturated heterocycles. The number of rotatable bonds is 3. The average molecular weight is 249 g/mol. The summed E-state index contributed by atoms with van der Waals surface area (Å²) in [4.78, 5) is 0. The lowest BCUT2D eigenvalue weighted by Gasteiger charge is -2.02. The van der Waals surface area contributed by atoms with Gasteiger partial charge in [0, 0.05) is 28.4 Å². The van der Waals surface area contributed by atoms with E-state index in [2.05, 4.69) is 73.0 Å². The molecule has 1 aromatic heterocycles. The molecule has 0 aliphatic rings. The summed E-state index contributed by atoms with van der Waals surface area (Å²) in [5.41, 5.74) is 3.95. The number of benzene rings is 2. The molecule has 2 aromatic carbocycles. The summed E-state index contributed by atoms with van der Waals surface area (Å²) in [6, 6.07) is 15.4. The molecule has 0 aliphatic heterocycles. The number of para-hydroxylation sites is 1. The van der Waals surface area contributed by atoms with E-state index in [-0.39, 0.29) is 0 Å². The Hall–Kier alpha value is -2.02. The van der Waals surface area contributed by atoms with Crippen LogP contribution in [0.3, 0.4) is 0 Å². The fraction of sp³-hybridized carbons (Fsp3) is 0.222. The van der Waals surface area contributed by atoms with E-state index in [1.165, 1.54) is 27.4 Å². The Morgan fingerprint density at radius 3 is 2.53 bits per heavy atom. The van der Waals surface area contributed by atoms with Crippen LogP contribution in [0, 0.1) is 0 Å². The van der Waals surface area contributed by atoms with Gasteiger partial charge in [0.15, 0.2) is 0 Å². The van der Waals surface area contributed by atoms with Gasteiger partial charge in [0.2, 0.25) is 0 Å². The topological polar surface area (TPSA) is 4.93 Å². The molecule has 1 heterocycles. The van der Waals surface area contributed by atoms with E-state index in [0.29, 0.717) is 0 Å². The molecule has 0 radical (unpaired) electrons. The molecule has 0 saturated carbocycles. The quantitative estimate of drug-likeness (QED) is 0.598. The highest BCUT2D eigenvalue weighted by Gasteiger charge is 2.08. The molecule has 0 aliphatic carbocycles. The van der Waals surface area contributed by atoms with Crippen molar-refractivity contribution < 1.29 is 0 Å². The first-order valence-corrected chi connectivity index (χ1v) is 7.02. The van der Waals surface area contributed by atoms with Gasteiger partial charge in [-0.3, -0.25) is 0 Å². The number of hydrogen-bond acceptors (Lipinski definition) is 0. The van der Waals surface area contributed by atoms with Crippen molar-refractivity contribution in [2.45, 2.75) is 26.8 Å². The lowest BCUT2D eigenvalue weighted by atomic mass is 10.1. The van der Waals surface area contributed by atoms with E-state index >= 15 is 0 Å².